The molecule has 0 atom stereocenters. The summed E-state index contributed by atoms with van der Waals surface area (Å²) >= 11 is 1.66. The van der Waals surface area contributed by atoms with E-state index in [0.29, 0.717) is 23.8 Å². The van der Waals surface area contributed by atoms with Gasteiger partial charge in [-0.2, -0.15) is 16.4 Å². The molecule has 36 heavy (non-hydrogen) atoms. The SMILES string of the molecule is CN(C)CC(=O)Nc1cncc(-c2cc3c(-c4nc5c(-c6ccsc6)cccc5[nH]4)n[nH]c3cn2)c1. The van der Waals surface area contributed by atoms with E-state index in [-0.39, 0.29) is 5.91 Å². The number of carbonyl (C=O) groups is 1. The van der Waals surface area contributed by atoms with E-state index < -0.39 is 0 Å². The number of aromatic nitrogens is 6. The molecule has 178 valence electrons. The maximum atomic E-state index is 12.2. The average molecular weight is 495 g/mol. The number of hydrogen-bond acceptors (Lipinski definition) is 7. The van der Waals surface area contributed by atoms with Crippen molar-refractivity contribution in [2.75, 3.05) is 26.0 Å². The second kappa shape index (κ2) is 8.99. The Labute approximate surface area is 210 Å². The van der Waals surface area contributed by atoms with Gasteiger partial charge in [-0.1, -0.05) is 12.1 Å². The normalized spacial score (nSPS) is 11.5. The maximum absolute atomic E-state index is 12.2. The Balaban J connectivity index is 1.38. The fraction of sp³-hybridized carbons (Fsp3) is 0.115. The summed E-state index contributed by atoms with van der Waals surface area (Å²) in [5, 5.41) is 15.6. The Bertz CT molecular complexity index is 1700. The van der Waals surface area contributed by atoms with Crippen LogP contribution in [-0.4, -0.2) is 61.6 Å². The summed E-state index contributed by atoms with van der Waals surface area (Å²) in [6, 6.07) is 12.1. The van der Waals surface area contributed by atoms with Crippen molar-refractivity contribution in [1.29, 1.82) is 0 Å². The van der Waals surface area contributed by atoms with E-state index in [4.69, 9.17) is 4.98 Å². The van der Waals surface area contributed by atoms with Gasteiger partial charge in [0.15, 0.2) is 5.82 Å². The molecular weight excluding hydrogens is 472 g/mol. The lowest BCUT2D eigenvalue weighted by molar-refractivity contribution is -0.116. The number of hydrogen-bond donors (Lipinski definition) is 3. The van der Waals surface area contributed by atoms with Crippen molar-refractivity contribution in [3.8, 4) is 33.9 Å². The number of amides is 1. The molecular formula is C26H22N8OS. The third kappa shape index (κ3) is 4.12. The number of carbonyl (C=O) groups excluding carboxylic acids is 1. The molecule has 0 unspecified atom stereocenters. The molecule has 3 N–H and O–H groups in total. The zero-order valence-electron chi connectivity index (χ0n) is 19.6. The average Bonchev–Trinajstić information content (AvgIpc) is 3.62. The van der Waals surface area contributed by atoms with Gasteiger partial charge in [0.2, 0.25) is 5.91 Å². The van der Waals surface area contributed by atoms with Gasteiger partial charge in [0.25, 0.3) is 0 Å². The fourth-order valence-electron chi connectivity index (χ4n) is 4.19. The highest BCUT2D eigenvalue weighted by atomic mass is 32.1. The summed E-state index contributed by atoms with van der Waals surface area (Å²) in [6.45, 7) is 0.290. The van der Waals surface area contributed by atoms with Crippen LogP contribution in [0.25, 0.3) is 55.8 Å². The van der Waals surface area contributed by atoms with E-state index in [0.717, 1.165) is 44.3 Å². The third-order valence-electron chi connectivity index (χ3n) is 5.79. The predicted molar refractivity (Wildman–Crippen MR) is 143 cm³/mol. The van der Waals surface area contributed by atoms with Crippen LogP contribution >= 0.6 is 11.3 Å². The molecule has 1 aromatic carbocycles. The fourth-order valence-corrected chi connectivity index (χ4v) is 4.84. The van der Waals surface area contributed by atoms with Gasteiger partial charge < -0.3 is 15.2 Å². The van der Waals surface area contributed by atoms with Crippen LogP contribution in [0.4, 0.5) is 5.69 Å². The number of pyridine rings is 2. The molecule has 0 saturated heterocycles. The Morgan fingerprint density at radius 2 is 2.00 bits per heavy atom. The highest BCUT2D eigenvalue weighted by Gasteiger charge is 2.16. The molecule has 9 nitrogen and oxygen atoms in total. The largest absolute Gasteiger partial charge is 0.337 e. The maximum Gasteiger partial charge on any atom is 0.238 e. The topological polar surface area (TPSA) is 115 Å². The minimum atomic E-state index is -0.105. The monoisotopic (exact) mass is 494 g/mol. The number of imidazole rings is 1. The van der Waals surface area contributed by atoms with E-state index in [1.165, 1.54) is 0 Å². The Morgan fingerprint density at radius 3 is 2.83 bits per heavy atom. The smallest absolute Gasteiger partial charge is 0.238 e. The number of H-pyrrole nitrogens is 2. The van der Waals surface area contributed by atoms with Crippen LogP contribution in [0.1, 0.15) is 0 Å². The van der Waals surface area contributed by atoms with Crippen molar-refractivity contribution in [3.05, 3.63) is 65.7 Å². The predicted octanol–water partition coefficient (Wildman–Crippen LogP) is 4.79. The Hall–Kier alpha value is -4.41. The van der Waals surface area contributed by atoms with Gasteiger partial charge in [-0.25, -0.2) is 4.98 Å². The molecule has 0 aliphatic heterocycles. The van der Waals surface area contributed by atoms with E-state index >= 15 is 0 Å². The number of nitrogens with one attached hydrogen (secondary N) is 3. The second-order valence-electron chi connectivity index (χ2n) is 8.73. The molecule has 6 aromatic rings. The number of benzene rings is 1. The van der Waals surface area contributed by atoms with Gasteiger partial charge >= 0.3 is 0 Å². The molecule has 10 heteroatoms. The van der Waals surface area contributed by atoms with Crippen molar-refractivity contribution in [2.45, 2.75) is 0 Å². The lowest BCUT2D eigenvalue weighted by atomic mass is 10.1. The molecule has 5 aromatic heterocycles. The number of nitrogens with zero attached hydrogens (tertiary/aromatic N) is 5. The summed E-state index contributed by atoms with van der Waals surface area (Å²) in [5.74, 6) is 0.574. The molecule has 0 saturated carbocycles. The van der Waals surface area contributed by atoms with Crippen LogP contribution in [0.5, 0.6) is 0 Å². The minimum absolute atomic E-state index is 0.105. The second-order valence-corrected chi connectivity index (χ2v) is 9.51. The number of anilines is 1. The van der Waals surface area contributed by atoms with Gasteiger partial charge in [0.1, 0.15) is 5.69 Å². The number of likely N-dealkylation sites (N-methyl/N-ethyl adjacent to an activating group) is 1. The molecule has 0 radical (unpaired) electrons. The van der Waals surface area contributed by atoms with Crippen molar-refractivity contribution >= 4 is 44.9 Å². The summed E-state index contributed by atoms with van der Waals surface area (Å²) < 4.78 is 0. The number of aromatic amines is 2. The van der Waals surface area contributed by atoms with Crippen LogP contribution in [0, 0.1) is 0 Å². The van der Waals surface area contributed by atoms with E-state index in [1.54, 1.807) is 29.9 Å². The van der Waals surface area contributed by atoms with Crippen LogP contribution in [-0.2, 0) is 4.79 Å². The summed E-state index contributed by atoms with van der Waals surface area (Å²) in [6.07, 6.45) is 5.10. The third-order valence-corrected chi connectivity index (χ3v) is 6.48. The first kappa shape index (κ1) is 22.1. The van der Waals surface area contributed by atoms with Crippen LogP contribution in [0.2, 0.25) is 0 Å². The van der Waals surface area contributed by atoms with E-state index in [2.05, 4.69) is 53.4 Å². The molecule has 0 fully saturated rings. The first-order valence-electron chi connectivity index (χ1n) is 11.3. The standard InChI is InChI=1S/C26H22N8OS/c1-34(2)13-23(35)29-17-8-16(10-27-11-17)21-9-19-22(12-28-21)32-33-25(19)26-30-20-5-3-4-18(24(20)31-26)15-6-7-36-14-15/h3-12,14H,13H2,1-2H3,(H,29,35)(H,30,31)(H,32,33). The quantitative estimate of drug-likeness (QED) is 0.307. The molecule has 0 aliphatic carbocycles. The van der Waals surface area contributed by atoms with Gasteiger partial charge in [-0.05, 0) is 54.7 Å². The lowest BCUT2D eigenvalue weighted by Crippen LogP contribution is -2.27. The summed E-state index contributed by atoms with van der Waals surface area (Å²) in [5.41, 5.74) is 7.72. The molecule has 5 heterocycles. The van der Waals surface area contributed by atoms with Crippen molar-refractivity contribution < 1.29 is 4.79 Å². The summed E-state index contributed by atoms with van der Waals surface area (Å²) in [4.78, 5) is 31.2. The Kier molecular flexibility index (Phi) is 5.51. The van der Waals surface area contributed by atoms with Crippen LogP contribution < -0.4 is 5.32 Å². The first-order valence-corrected chi connectivity index (χ1v) is 12.3. The van der Waals surface area contributed by atoms with Crippen LogP contribution in [0.3, 0.4) is 0 Å². The molecule has 0 spiro atoms. The molecule has 0 bridgehead atoms. The van der Waals surface area contributed by atoms with Gasteiger partial charge in [-0.3, -0.25) is 19.9 Å². The minimum Gasteiger partial charge on any atom is -0.337 e. The number of thiophene rings is 1. The van der Waals surface area contributed by atoms with Gasteiger partial charge in [-0.15, -0.1) is 0 Å². The lowest BCUT2D eigenvalue weighted by Gasteiger charge is -2.10. The van der Waals surface area contributed by atoms with Crippen molar-refractivity contribution in [3.63, 3.8) is 0 Å². The highest BCUT2D eigenvalue weighted by Crippen LogP contribution is 2.33. The van der Waals surface area contributed by atoms with Crippen LogP contribution in [0.15, 0.2) is 65.7 Å². The summed E-state index contributed by atoms with van der Waals surface area (Å²) in [7, 11) is 3.70. The number of rotatable bonds is 6. The van der Waals surface area contributed by atoms with Crippen molar-refractivity contribution in [2.24, 2.45) is 0 Å². The van der Waals surface area contributed by atoms with E-state index in [1.807, 2.05) is 43.3 Å². The molecule has 6 rings (SSSR count). The highest BCUT2D eigenvalue weighted by molar-refractivity contribution is 7.08. The zero-order valence-corrected chi connectivity index (χ0v) is 20.4. The molecule has 0 aliphatic rings. The number of fused-ring (bicyclic) bond motifs is 2. The van der Waals surface area contributed by atoms with E-state index in [9.17, 15) is 4.79 Å². The number of para-hydroxylation sites is 1. The van der Waals surface area contributed by atoms with Gasteiger partial charge in [0, 0.05) is 22.7 Å². The molecule has 1 amide bonds. The Morgan fingerprint density at radius 1 is 1.08 bits per heavy atom. The zero-order chi connectivity index (χ0) is 24.6. The van der Waals surface area contributed by atoms with Gasteiger partial charge in [0.05, 0.1) is 46.9 Å². The van der Waals surface area contributed by atoms with Crippen molar-refractivity contribution in [1.82, 2.24) is 35.0 Å². The first-order chi connectivity index (χ1) is 17.5.